The number of esters is 2. The Hall–Kier alpha value is -1.15. The molecule has 19 heavy (non-hydrogen) atoms. The number of carbonyl (C=O) groups excluding carboxylic acids is 2. The summed E-state index contributed by atoms with van der Waals surface area (Å²) in [5, 5.41) is -0.526. The van der Waals surface area contributed by atoms with Gasteiger partial charge in [-0.3, -0.25) is 9.59 Å². The van der Waals surface area contributed by atoms with Crippen LogP contribution in [0.2, 0.25) is 0 Å². The molecule has 0 aliphatic heterocycles. The third kappa shape index (κ3) is 4.17. The second kappa shape index (κ2) is 6.85. The fraction of sp³-hybridized carbons (Fsp3) is 0.818. The number of rotatable bonds is 6. The maximum absolute atomic E-state index is 12.3. The molecule has 0 bridgehead atoms. The summed E-state index contributed by atoms with van der Waals surface area (Å²) in [5.74, 6) is -1.41. The Morgan fingerprint density at radius 1 is 1.05 bits per heavy atom. The number of nitrogens with zero attached hydrogens (tertiary/aromatic N) is 1. The summed E-state index contributed by atoms with van der Waals surface area (Å²) in [6.45, 7) is -0.936. The van der Waals surface area contributed by atoms with Crippen molar-refractivity contribution in [2.24, 2.45) is 0 Å². The van der Waals surface area contributed by atoms with Crippen LogP contribution in [0, 0.1) is 0 Å². The summed E-state index contributed by atoms with van der Waals surface area (Å²) in [4.78, 5) is 22.5. The Morgan fingerprint density at radius 2 is 1.47 bits per heavy atom. The maximum Gasteiger partial charge on any atom is 0.321 e. The molecule has 0 N–H and O–H groups in total. The van der Waals surface area contributed by atoms with E-state index in [4.69, 9.17) is 0 Å². The number of carbonyl (C=O) groups is 2. The van der Waals surface area contributed by atoms with E-state index >= 15 is 0 Å². The van der Waals surface area contributed by atoms with E-state index in [0.717, 1.165) is 17.1 Å². The van der Waals surface area contributed by atoms with Gasteiger partial charge in [-0.1, -0.05) is 12.8 Å². The van der Waals surface area contributed by atoms with E-state index < -0.39 is 40.3 Å². The average molecular weight is 293 g/mol. The second-order valence-electron chi connectivity index (χ2n) is 4.37. The van der Waals surface area contributed by atoms with Crippen molar-refractivity contribution in [3.8, 4) is 0 Å². The van der Waals surface area contributed by atoms with Crippen LogP contribution >= 0.6 is 0 Å². The van der Waals surface area contributed by atoms with Gasteiger partial charge in [0.2, 0.25) is 10.0 Å². The molecule has 0 aromatic rings. The molecule has 0 unspecified atom stereocenters. The van der Waals surface area contributed by atoms with Crippen LogP contribution < -0.4 is 0 Å². The molecule has 0 saturated heterocycles. The van der Waals surface area contributed by atoms with Crippen molar-refractivity contribution in [2.75, 3.05) is 27.3 Å². The van der Waals surface area contributed by atoms with Crippen molar-refractivity contribution in [2.45, 2.75) is 30.9 Å². The van der Waals surface area contributed by atoms with Crippen LogP contribution in [0.4, 0.5) is 0 Å². The van der Waals surface area contributed by atoms with Gasteiger partial charge in [-0.25, -0.2) is 8.42 Å². The molecule has 7 nitrogen and oxygen atoms in total. The summed E-state index contributed by atoms with van der Waals surface area (Å²) >= 11 is 0. The third-order valence-corrected chi connectivity index (χ3v) is 5.44. The lowest BCUT2D eigenvalue weighted by atomic mass is 10.4. The first-order chi connectivity index (χ1) is 8.91. The summed E-state index contributed by atoms with van der Waals surface area (Å²) in [6, 6.07) is 0. The fourth-order valence-electron chi connectivity index (χ4n) is 2.05. The predicted octanol–water partition coefficient (Wildman–Crippen LogP) is -0.0932. The Morgan fingerprint density at radius 3 is 1.84 bits per heavy atom. The smallest absolute Gasteiger partial charge is 0.321 e. The van der Waals surface area contributed by atoms with Crippen LogP contribution in [0.5, 0.6) is 0 Å². The van der Waals surface area contributed by atoms with Crippen LogP contribution in [0.3, 0.4) is 0 Å². The van der Waals surface area contributed by atoms with Gasteiger partial charge in [0.05, 0.1) is 19.5 Å². The van der Waals surface area contributed by atoms with Gasteiger partial charge in [0.25, 0.3) is 0 Å². The molecule has 1 rings (SSSR count). The number of sulfonamides is 1. The van der Waals surface area contributed by atoms with Gasteiger partial charge in [0.15, 0.2) is 0 Å². The van der Waals surface area contributed by atoms with Crippen LogP contribution in [0.25, 0.3) is 0 Å². The predicted molar refractivity (Wildman–Crippen MR) is 66.8 cm³/mol. The SMILES string of the molecule is COC(=O)CN(CC(=O)OC)S(=O)(=O)C1CCCC1. The highest BCUT2D eigenvalue weighted by molar-refractivity contribution is 7.89. The zero-order valence-electron chi connectivity index (χ0n) is 11.1. The van der Waals surface area contributed by atoms with Crippen molar-refractivity contribution in [1.29, 1.82) is 0 Å². The highest BCUT2D eigenvalue weighted by Gasteiger charge is 2.36. The zero-order valence-corrected chi connectivity index (χ0v) is 11.9. The number of hydrogen-bond acceptors (Lipinski definition) is 6. The largest absolute Gasteiger partial charge is 0.468 e. The number of methoxy groups -OCH3 is 2. The minimum absolute atomic E-state index is 0.468. The first-order valence-corrected chi connectivity index (χ1v) is 7.54. The lowest BCUT2D eigenvalue weighted by molar-refractivity contribution is -0.143. The molecule has 0 heterocycles. The first-order valence-electron chi connectivity index (χ1n) is 6.04. The summed E-state index contributed by atoms with van der Waals surface area (Å²) in [7, 11) is -1.34. The van der Waals surface area contributed by atoms with Gasteiger partial charge in [-0.2, -0.15) is 4.31 Å². The van der Waals surface area contributed by atoms with E-state index in [1.54, 1.807) is 0 Å². The van der Waals surface area contributed by atoms with Crippen LogP contribution in [-0.4, -0.2) is 57.2 Å². The van der Waals surface area contributed by atoms with Gasteiger partial charge >= 0.3 is 11.9 Å². The molecule has 1 fully saturated rings. The highest BCUT2D eigenvalue weighted by Crippen LogP contribution is 2.27. The summed E-state index contributed by atoms with van der Waals surface area (Å²) < 4.78 is 34.5. The minimum atomic E-state index is -3.68. The Kier molecular flexibility index (Phi) is 5.74. The van der Waals surface area contributed by atoms with E-state index in [-0.39, 0.29) is 0 Å². The molecular formula is C11H19NO6S. The lowest BCUT2D eigenvalue weighted by Crippen LogP contribution is -2.44. The van der Waals surface area contributed by atoms with E-state index in [0.29, 0.717) is 12.8 Å². The molecule has 1 saturated carbocycles. The monoisotopic (exact) mass is 293 g/mol. The molecule has 8 heteroatoms. The Bertz CT molecular complexity index is 408. The fourth-order valence-corrected chi connectivity index (χ4v) is 3.97. The van der Waals surface area contributed by atoms with Gasteiger partial charge in [0, 0.05) is 0 Å². The Balaban J connectivity index is 2.87. The van der Waals surface area contributed by atoms with E-state index in [1.807, 2.05) is 0 Å². The van der Waals surface area contributed by atoms with Gasteiger partial charge in [0.1, 0.15) is 13.1 Å². The average Bonchev–Trinajstić information content (AvgIpc) is 2.91. The summed E-state index contributed by atoms with van der Waals surface area (Å²) in [6.07, 6.45) is 2.80. The van der Waals surface area contributed by atoms with E-state index in [2.05, 4.69) is 9.47 Å². The highest BCUT2D eigenvalue weighted by atomic mass is 32.2. The molecular weight excluding hydrogens is 274 g/mol. The van der Waals surface area contributed by atoms with Crippen molar-refractivity contribution < 1.29 is 27.5 Å². The molecule has 0 amide bonds. The van der Waals surface area contributed by atoms with Crippen molar-refractivity contribution in [3.05, 3.63) is 0 Å². The minimum Gasteiger partial charge on any atom is -0.468 e. The zero-order chi connectivity index (χ0) is 14.5. The molecule has 0 aromatic heterocycles. The lowest BCUT2D eigenvalue weighted by Gasteiger charge is -2.23. The Labute approximate surface area is 112 Å². The standard InChI is InChI=1S/C11H19NO6S/c1-17-10(13)7-12(8-11(14)18-2)19(15,16)9-5-3-4-6-9/h9H,3-8H2,1-2H3. The normalized spacial score (nSPS) is 16.6. The van der Waals surface area contributed by atoms with Gasteiger partial charge in [-0.05, 0) is 12.8 Å². The van der Waals surface area contributed by atoms with Gasteiger partial charge in [-0.15, -0.1) is 0 Å². The topological polar surface area (TPSA) is 90.0 Å². The number of ether oxygens (including phenoxy) is 2. The number of hydrogen-bond donors (Lipinski definition) is 0. The first kappa shape index (κ1) is 15.9. The molecule has 0 radical (unpaired) electrons. The van der Waals surface area contributed by atoms with Crippen molar-refractivity contribution in [3.63, 3.8) is 0 Å². The van der Waals surface area contributed by atoms with Crippen LogP contribution in [0.1, 0.15) is 25.7 Å². The molecule has 0 spiro atoms. The van der Waals surface area contributed by atoms with Crippen molar-refractivity contribution >= 4 is 22.0 Å². The summed E-state index contributed by atoms with van der Waals surface area (Å²) in [5.41, 5.74) is 0. The van der Waals surface area contributed by atoms with Crippen molar-refractivity contribution in [1.82, 2.24) is 4.31 Å². The third-order valence-electron chi connectivity index (χ3n) is 3.15. The maximum atomic E-state index is 12.3. The van der Waals surface area contributed by atoms with E-state index in [1.165, 1.54) is 14.2 Å². The molecule has 0 atom stereocenters. The molecule has 1 aliphatic carbocycles. The van der Waals surface area contributed by atoms with E-state index in [9.17, 15) is 18.0 Å². The van der Waals surface area contributed by atoms with Crippen LogP contribution in [-0.2, 0) is 29.1 Å². The van der Waals surface area contributed by atoms with Crippen LogP contribution in [0.15, 0.2) is 0 Å². The quantitative estimate of drug-likeness (QED) is 0.636. The molecule has 1 aliphatic rings. The second-order valence-corrected chi connectivity index (χ2v) is 6.58. The molecule has 110 valence electrons. The van der Waals surface area contributed by atoms with Gasteiger partial charge < -0.3 is 9.47 Å². The molecule has 0 aromatic carbocycles.